The van der Waals surface area contributed by atoms with Gasteiger partial charge in [0, 0.05) is 24.0 Å². The molecule has 4 rings (SSSR count). The molecular formula is C25H32N4O2. The molecule has 1 aliphatic rings. The van der Waals surface area contributed by atoms with Crippen molar-refractivity contribution < 1.29 is 4.79 Å². The minimum absolute atomic E-state index is 0.0838. The molecule has 0 unspecified atom stereocenters. The van der Waals surface area contributed by atoms with E-state index < -0.39 is 0 Å². The molecule has 3 heterocycles. The first-order valence-corrected chi connectivity index (χ1v) is 11.2. The van der Waals surface area contributed by atoms with Crippen molar-refractivity contribution in [3.05, 3.63) is 69.4 Å². The Morgan fingerprint density at radius 1 is 0.935 bits per heavy atom. The fourth-order valence-corrected chi connectivity index (χ4v) is 4.78. The number of Topliss-reactive ketones (excluding diaryl/α,β-unsaturated/α-hetero) is 1. The molecule has 0 radical (unpaired) electrons. The number of rotatable bonds is 5. The van der Waals surface area contributed by atoms with E-state index in [9.17, 15) is 9.59 Å². The van der Waals surface area contributed by atoms with Crippen LogP contribution in [0, 0.1) is 20.8 Å². The van der Waals surface area contributed by atoms with Gasteiger partial charge in [0.15, 0.2) is 5.78 Å². The van der Waals surface area contributed by atoms with Gasteiger partial charge < -0.3 is 4.57 Å². The van der Waals surface area contributed by atoms with Gasteiger partial charge in [0.05, 0.1) is 17.9 Å². The molecule has 6 heteroatoms. The molecule has 0 N–H and O–H groups in total. The lowest BCUT2D eigenvalue weighted by atomic mass is 10.1. The van der Waals surface area contributed by atoms with Crippen LogP contribution in [0.1, 0.15) is 53.1 Å². The molecular weight excluding hydrogens is 388 g/mol. The van der Waals surface area contributed by atoms with Gasteiger partial charge in [0.2, 0.25) is 0 Å². The average molecular weight is 421 g/mol. The SMILES string of the molecule is Cc1cc(C(=O)CN2CCCCCC2)c(C)n1-c1c(C)n(C)n(-c2ccccc2)c1=O. The second-order valence-electron chi connectivity index (χ2n) is 8.64. The average Bonchev–Trinajstić information content (AvgIpc) is 3.02. The Balaban J connectivity index is 1.73. The van der Waals surface area contributed by atoms with Crippen LogP contribution in [-0.4, -0.2) is 44.2 Å². The van der Waals surface area contributed by atoms with Crippen LogP contribution >= 0.6 is 0 Å². The molecule has 0 bridgehead atoms. The van der Waals surface area contributed by atoms with Crippen LogP contribution in [-0.2, 0) is 7.05 Å². The number of nitrogens with zero attached hydrogens (tertiary/aromatic N) is 4. The number of aryl methyl sites for hydroxylation is 1. The minimum Gasteiger partial charge on any atom is -0.311 e. The predicted molar refractivity (Wildman–Crippen MR) is 124 cm³/mol. The van der Waals surface area contributed by atoms with Crippen LogP contribution < -0.4 is 5.56 Å². The minimum atomic E-state index is -0.0838. The highest BCUT2D eigenvalue weighted by atomic mass is 16.1. The molecule has 0 amide bonds. The third kappa shape index (κ3) is 3.92. The molecule has 1 aliphatic heterocycles. The highest BCUT2D eigenvalue weighted by Crippen LogP contribution is 2.23. The third-order valence-corrected chi connectivity index (χ3v) is 6.54. The number of para-hydroxylation sites is 1. The Bertz CT molecular complexity index is 1140. The van der Waals surface area contributed by atoms with Gasteiger partial charge in [0.25, 0.3) is 5.56 Å². The Hall–Kier alpha value is -2.86. The maximum absolute atomic E-state index is 13.5. The Morgan fingerprint density at radius 2 is 1.58 bits per heavy atom. The number of hydrogen-bond donors (Lipinski definition) is 0. The number of aromatic nitrogens is 3. The van der Waals surface area contributed by atoms with Crippen molar-refractivity contribution in [2.24, 2.45) is 7.05 Å². The molecule has 0 aliphatic carbocycles. The number of benzene rings is 1. The Kier molecular flexibility index (Phi) is 6.01. The van der Waals surface area contributed by atoms with E-state index in [1.165, 1.54) is 12.8 Å². The van der Waals surface area contributed by atoms with Gasteiger partial charge in [-0.25, -0.2) is 4.68 Å². The number of carbonyl (C=O) groups is 1. The molecule has 1 aromatic carbocycles. The lowest BCUT2D eigenvalue weighted by Crippen LogP contribution is -2.31. The summed E-state index contributed by atoms with van der Waals surface area (Å²) in [7, 11) is 1.90. The van der Waals surface area contributed by atoms with Gasteiger partial charge in [-0.1, -0.05) is 31.0 Å². The third-order valence-electron chi connectivity index (χ3n) is 6.54. The summed E-state index contributed by atoms with van der Waals surface area (Å²) in [4.78, 5) is 28.9. The maximum Gasteiger partial charge on any atom is 0.295 e. The molecule has 1 fully saturated rings. The number of likely N-dealkylation sites (tertiary alicyclic amines) is 1. The van der Waals surface area contributed by atoms with Crippen LogP contribution in [0.4, 0.5) is 0 Å². The smallest absolute Gasteiger partial charge is 0.295 e. The van der Waals surface area contributed by atoms with Crippen molar-refractivity contribution in [3.8, 4) is 11.4 Å². The van der Waals surface area contributed by atoms with Gasteiger partial charge in [-0.05, 0) is 64.9 Å². The lowest BCUT2D eigenvalue weighted by Gasteiger charge is -2.18. The maximum atomic E-state index is 13.5. The van der Waals surface area contributed by atoms with Gasteiger partial charge in [-0.15, -0.1) is 0 Å². The largest absolute Gasteiger partial charge is 0.311 e. The van der Waals surface area contributed by atoms with Crippen LogP contribution in [0.15, 0.2) is 41.2 Å². The summed E-state index contributed by atoms with van der Waals surface area (Å²) in [6, 6.07) is 11.6. The van der Waals surface area contributed by atoms with Crippen molar-refractivity contribution in [1.29, 1.82) is 0 Å². The second kappa shape index (κ2) is 8.71. The van der Waals surface area contributed by atoms with Crippen LogP contribution in [0.2, 0.25) is 0 Å². The van der Waals surface area contributed by atoms with E-state index in [1.807, 2.05) is 73.5 Å². The van der Waals surface area contributed by atoms with E-state index in [4.69, 9.17) is 0 Å². The second-order valence-corrected chi connectivity index (χ2v) is 8.64. The van der Waals surface area contributed by atoms with E-state index in [1.54, 1.807) is 4.68 Å². The quantitative estimate of drug-likeness (QED) is 0.587. The summed E-state index contributed by atoms with van der Waals surface area (Å²) < 4.78 is 5.51. The number of hydrogen-bond acceptors (Lipinski definition) is 3. The van der Waals surface area contributed by atoms with E-state index >= 15 is 0 Å². The Morgan fingerprint density at radius 3 is 2.23 bits per heavy atom. The normalized spacial score (nSPS) is 15.2. The van der Waals surface area contributed by atoms with Crippen molar-refractivity contribution in [2.45, 2.75) is 46.5 Å². The van der Waals surface area contributed by atoms with Crippen molar-refractivity contribution in [3.63, 3.8) is 0 Å². The first kappa shape index (κ1) is 21.4. The molecule has 164 valence electrons. The zero-order valence-electron chi connectivity index (χ0n) is 19.0. The molecule has 31 heavy (non-hydrogen) atoms. The number of carbonyl (C=O) groups excluding carboxylic acids is 1. The fourth-order valence-electron chi connectivity index (χ4n) is 4.78. The van der Waals surface area contributed by atoms with E-state index in [2.05, 4.69) is 4.90 Å². The van der Waals surface area contributed by atoms with Gasteiger partial charge >= 0.3 is 0 Å². The van der Waals surface area contributed by atoms with Crippen LogP contribution in [0.25, 0.3) is 11.4 Å². The van der Waals surface area contributed by atoms with Gasteiger partial charge in [-0.2, -0.15) is 0 Å². The lowest BCUT2D eigenvalue weighted by molar-refractivity contribution is 0.0932. The van der Waals surface area contributed by atoms with E-state index in [-0.39, 0.29) is 11.3 Å². The summed E-state index contributed by atoms with van der Waals surface area (Å²) in [6.45, 7) is 8.30. The highest BCUT2D eigenvalue weighted by Gasteiger charge is 2.24. The summed E-state index contributed by atoms with van der Waals surface area (Å²) in [6.07, 6.45) is 4.82. The zero-order valence-corrected chi connectivity index (χ0v) is 19.0. The molecule has 2 aromatic heterocycles. The molecule has 0 saturated carbocycles. The Labute approximate surface area is 183 Å². The predicted octanol–water partition coefficient (Wildman–Crippen LogP) is 3.95. The molecule has 6 nitrogen and oxygen atoms in total. The number of ketones is 1. The first-order valence-electron chi connectivity index (χ1n) is 11.2. The van der Waals surface area contributed by atoms with E-state index in [0.29, 0.717) is 12.2 Å². The van der Waals surface area contributed by atoms with Crippen molar-refractivity contribution in [1.82, 2.24) is 18.8 Å². The summed E-state index contributed by atoms with van der Waals surface area (Å²) in [5.41, 5.74) is 4.67. The van der Waals surface area contributed by atoms with Gasteiger partial charge in [-0.3, -0.25) is 19.2 Å². The monoisotopic (exact) mass is 420 g/mol. The van der Waals surface area contributed by atoms with Crippen molar-refractivity contribution in [2.75, 3.05) is 19.6 Å². The van der Waals surface area contributed by atoms with E-state index in [0.717, 1.165) is 54.3 Å². The van der Waals surface area contributed by atoms with Gasteiger partial charge in [0.1, 0.15) is 5.69 Å². The van der Waals surface area contributed by atoms with Crippen LogP contribution in [0.3, 0.4) is 0 Å². The standard InChI is InChI=1S/C25H32N4O2/c1-18-16-22(23(30)17-27-14-10-5-6-11-15-27)19(2)28(18)24-20(3)26(4)29(25(24)31)21-12-8-7-9-13-21/h7-9,12-13,16H,5-6,10-11,14-15,17H2,1-4H3. The zero-order chi connectivity index (χ0) is 22.1. The molecule has 1 saturated heterocycles. The molecule has 0 spiro atoms. The summed E-state index contributed by atoms with van der Waals surface area (Å²) in [5.74, 6) is 0.137. The van der Waals surface area contributed by atoms with Crippen LogP contribution in [0.5, 0.6) is 0 Å². The molecule has 0 atom stereocenters. The summed E-state index contributed by atoms with van der Waals surface area (Å²) in [5, 5.41) is 0. The topological polar surface area (TPSA) is 52.2 Å². The fraction of sp³-hybridized carbons (Fsp3) is 0.440. The highest BCUT2D eigenvalue weighted by molar-refractivity contribution is 5.99. The molecule has 3 aromatic rings. The van der Waals surface area contributed by atoms with Crippen molar-refractivity contribution >= 4 is 5.78 Å². The first-order chi connectivity index (χ1) is 14.9. The summed E-state index contributed by atoms with van der Waals surface area (Å²) >= 11 is 0.